The molecule has 0 radical (unpaired) electrons. The molecule has 18 heavy (non-hydrogen) atoms. The molecule has 0 amide bonds. The minimum Gasteiger partial charge on any atom is -0.460 e. The summed E-state index contributed by atoms with van der Waals surface area (Å²) in [5, 5.41) is 5.16. The third-order valence-electron chi connectivity index (χ3n) is 2.84. The van der Waals surface area contributed by atoms with Gasteiger partial charge in [0.1, 0.15) is 0 Å². The first kappa shape index (κ1) is 10.8. The minimum atomic E-state index is -0.427. The Labute approximate surface area is 104 Å². The number of esters is 1. The molecule has 4 nitrogen and oxygen atoms in total. The van der Waals surface area contributed by atoms with Gasteiger partial charge in [-0.3, -0.25) is 0 Å². The molecule has 1 heterocycles. The van der Waals surface area contributed by atoms with Gasteiger partial charge in [-0.15, -0.1) is 0 Å². The monoisotopic (exact) mass is 240 g/mol. The number of rotatable bonds is 2. The molecule has 0 saturated carbocycles. The molecule has 1 aliphatic rings. The average Bonchev–Trinajstić information content (AvgIpc) is 2.39. The van der Waals surface area contributed by atoms with Crippen LogP contribution in [0.15, 0.2) is 41.4 Å². The second kappa shape index (κ2) is 4.14. The number of amidine groups is 1. The van der Waals surface area contributed by atoms with Gasteiger partial charge in [-0.2, -0.15) is 0 Å². The van der Waals surface area contributed by atoms with Gasteiger partial charge >= 0.3 is 5.97 Å². The van der Waals surface area contributed by atoms with E-state index < -0.39 is 5.97 Å². The first-order valence-corrected chi connectivity index (χ1v) is 5.84. The predicted molar refractivity (Wildman–Crippen MR) is 71.3 cm³/mol. The van der Waals surface area contributed by atoms with Crippen LogP contribution < -0.4 is 5.32 Å². The van der Waals surface area contributed by atoms with Crippen molar-refractivity contribution in [3.63, 3.8) is 0 Å². The Morgan fingerprint density at radius 3 is 2.83 bits per heavy atom. The zero-order chi connectivity index (χ0) is 12.5. The van der Waals surface area contributed by atoms with Crippen molar-refractivity contribution in [2.75, 3.05) is 11.9 Å². The molecular weight excluding hydrogens is 228 g/mol. The maximum Gasteiger partial charge on any atom is 0.374 e. The zero-order valence-electron chi connectivity index (χ0n) is 9.93. The van der Waals surface area contributed by atoms with Crippen LogP contribution in [0.4, 0.5) is 11.4 Å². The number of carbonyl (C=O) groups excluding carboxylic acids is 1. The molecule has 4 heteroatoms. The summed E-state index contributed by atoms with van der Waals surface area (Å²) < 4.78 is 4.96. The van der Waals surface area contributed by atoms with Crippen LogP contribution in [0.2, 0.25) is 0 Å². The molecule has 0 fully saturated rings. The van der Waals surface area contributed by atoms with Gasteiger partial charge in [-0.25, -0.2) is 9.79 Å². The van der Waals surface area contributed by atoms with Crippen molar-refractivity contribution in [1.82, 2.24) is 0 Å². The highest BCUT2D eigenvalue weighted by atomic mass is 16.5. The maximum atomic E-state index is 11.7. The molecule has 1 N–H and O–H groups in total. The SMILES string of the molecule is CCOC(=O)C1=Nc2cccc3cccc(c23)N1. The molecule has 3 rings (SSSR count). The van der Waals surface area contributed by atoms with Crippen molar-refractivity contribution < 1.29 is 9.53 Å². The summed E-state index contributed by atoms with van der Waals surface area (Å²) in [6.07, 6.45) is 0. The normalized spacial score (nSPS) is 12.8. The van der Waals surface area contributed by atoms with Crippen molar-refractivity contribution in [3.8, 4) is 0 Å². The van der Waals surface area contributed by atoms with Gasteiger partial charge in [0.25, 0.3) is 0 Å². The van der Waals surface area contributed by atoms with Gasteiger partial charge < -0.3 is 10.1 Å². The number of benzene rings is 2. The second-order valence-corrected chi connectivity index (χ2v) is 3.99. The number of nitrogens with zero attached hydrogens (tertiary/aromatic N) is 1. The number of anilines is 1. The van der Waals surface area contributed by atoms with Crippen LogP contribution in [0, 0.1) is 0 Å². The number of carbonyl (C=O) groups is 1. The molecule has 0 spiro atoms. The predicted octanol–water partition coefficient (Wildman–Crippen LogP) is 2.86. The number of aliphatic imine (C=N–C) groups is 1. The number of hydrogen-bond donors (Lipinski definition) is 1. The van der Waals surface area contributed by atoms with E-state index in [2.05, 4.69) is 10.3 Å². The van der Waals surface area contributed by atoms with E-state index in [1.54, 1.807) is 6.92 Å². The number of ether oxygens (including phenoxy) is 1. The summed E-state index contributed by atoms with van der Waals surface area (Å²) in [5.74, 6) is -0.188. The van der Waals surface area contributed by atoms with E-state index in [9.17, 15) is 4.79 Å². The van der Waals surface area contributed by atoms with Gasteiger partial charge in [0.15, 0.2) is 0 Å². The quantitative estimate of drug-likeness (QED) is 0.821. The summed E-state index contributed by atoms with van der Waals surface area (Å²) in [4.78, 5) is 16.0. The average molecular weight is 240 g/mol. The van der Waals surface area contributed by atoms with Crippen LogP contribution in [-0.2, 0) is 9.53 Å². The Hall–Kier alpha value is -2.36. The van der Waals surface area contributed by atoms with Crippen LogP contribution >= 0.6 is 0 Å². The number of nitrogens with one attached hydrogen (secondary N) is 1. The number of hydrogen-bond acceptors (Lipinski definition) is 4. The molecule has 0 bridgehead atoms. The lowest BCUT2D eigenvalue weighted by Gasteiger charge is -2.17. The Kier molecular flexibility index (Phi) is 2.48. The zero-order valence-corrected chi connectivity index (χ0v) is 9.93. The van der Waals surface area contributed by atoms with E-state index in [1.165, 1.54) is 0 Å². The topological polar surface area (TPSA) is 50.7 Å². The lowest BCUT2D eigenvalue weighted by atomic mass is 10.1. The smallest absolute Gasteiger partial charge is 0.374 e. The molecule has 0 unspecified atom stereocenters. The van der Waals surface area contributed by atoms with Crippen molar-refractivity contribution in [2.24, 2.45) is 4.99 Å². The molecular formula is C14H12N2O2. The van der Waals surface area contributed by atoms with Crippen LogP contribution in [0.3, 0.4) is 0 Å². The van der Waals surface area contributed by atoms with E-state index in [1.807, 2.05) is 36.4 Å². The Bertz CT molecular complexity index is 657. The van der Waals surface area contributed by atoms with Crippen LogP contribution in [0.5, 0.6) is 0 Å². The summed E-state index contributed by atoms with van der Waals surface area (Å²) >= 11 is 0. The highest BCUT2D eigenvalue weighted by Gasteiger charge is 2.19. The lowest BCUT2D eigenvalue weighted by Crippen LogP contribution is -2.26. The van der Waals surface area contributed by atoms with E-state index in [-0.39, 0.29) is 5.84 Å². The summed E-state index contributed by atoms with van der Waals surface area (Å²) in [6.45, 7) is 2.11. The molecule has 1 aliphatic heterocycles. The fraction of sp³-hybridized carbons (Fsp3) is 0.143. The Morgan fingerprint density at radius 1 is 1.28 bits per heavy atom. The van der Waals surface area contributed by atoms with Crippen LogP contribution in [0.1, 0.15) is 6.92 Å². The van der Waals surface area contributed by atoms with Crippen molar-refractivity contribution in [2.45, 2.75) is 6.92 Å². The van der Waals surface area contributed by atoms with Gasteiger partial charge in [0, 0.05) is 11.1 Å². The molecule has 2 aromatic rings. The minimum absolute atomic E-state index is 0.239. The third-order valence-corrected chi connectivity index (χ3v) is 2.84. The molecule has 2 aromatic carbocycles. The Morgan fingerprint density at radius 2 is 2.06 bits per heavy atom. The van der Waals surface area contributed by atoms with Gasteiger partial charge in [0.2, 0.25) is 5.84 Å². The third kappa shape index (κ3) is 1.62. The molecule has 0 atom stereocenters. The van der Waals surface area contributed by atoms with Crippen LogP contribution in [-0.4, -0.2) is 18.4 Å². The molecule has 0 saturated heterocycles. The fourth-order valence-electron chi connectivity index (χ4n) is 2.09. The van der Waals surface area contributed by atoms with Crippen molar-refractivity contribution >= 4 is 34.0 Å². The second-order valence-electron chi connectivity index (χ2n) is 3.99. The first-order valence-electron chi connectivity index (χ1n) is 5.84. The van der Waals surface area contributed by atoms with E-state index in [0.717, 1.165) is 22.1 Å². The van der Waals surface area contributed by atoms with Gasteiger partial charge in [-0.1, -0.05) is 24.3 Å². The fourth-order valence-corrected chi connectivity index (χ4v) is 2.09. The Balaban J connectivity index is 2.14. The molecule has 0 aliphatic carbocycles. The summed E-state index contributed by atoms with van der Waals surface area (Å²) in [5.41, 5.74) is 1.69. The van der Waals surface area contributed by atoms with E-state index in [4.69, 9.17) is 4.74 Å². The lowest BCUT2D eigenvalue weighted by molar-refractivity contribution is -0.135. The maximum absolute atomic E-state index is 11.7. The largest absolute Gasteiger partial charge is 0.460 e. The van der Waals surface area contributed by atoms with Gasteiger partial charge in [0.05, 0.1) is 12.3 Å². The summed E-state index contributed by atoms with van der Waals surface area (Å²) in [7, 11) is 0. The van der Waals surface area contributed by atoms with Crippen LogP contribution in [0.25, 0.3) is 10.8 Å². The van der Waals surface area contributed by atoms with Crippen molar-refractivity contribution in [1.29, 1.82) is 0 Å². The summed E-state index contributed by atoms with van der Waals surface area (Å²) in [6, 6.07) is 11.7. The molecule has 90 valence electrons. The van der Waals surface area contributed by atoms with E-state index >= 15 is 0 Å². The first-order chi connectivity index (χ1) is 8.79. The highest BCUT2D eigenvalue weighted by Crippen LogP contribution is 2.35. The van der Waals surface area contributed by atoms with Crippen molar-refractivity contribution in [3.05, 3.63) is 36.4 Å². The highest BCUT2D eigenvalue weighted by molar-refractivity contribution is 6.42. The standard InChI is InChI=1S/C14H12N2O2/c1-2-18-14(17)13-15-10-7-3-5-9-6-4-8-11(16-13)12(9)10/h3-8H,2H2,1H3,(H,15,16). The molecule has 0 aromatic heterocycles. The van der Waals surface area contributed by atoms with E-state index in [0.29, 0.717) is 6.61 Å². The van der Waals surface area contributed by atoms with Gasteiger partial charge in [-0.05, 0) is 24.4 Å².